The van der Waals surface area contributed by atoms with Crippen LogP contribution >= 0.6 is 15.9 Å². The van der Waals surface area contributed by atoms with E-state index in [1.807, 2.05) is 0 Å². The molecule has 108 valence electrons. The number of halogens is 1. The van der Waals surface area contributed by atoms with Crippen LogP contribution in [0.2, 0.25) is 0 Å². The maximum absolute atomic E-state index is 12.0. The highest BCUT2D eigenvalue weighted by molar-refractivity contribution is 9.10. The summed E-state index contributed by atoms with van der Waals surface area (Å²) in [6.07, 6.45) is 2.50. The number of nitrogens with one attached hydrogen (secondary N) is 2. The van der Waals surface area contributed by atoms with Crippen molar-refractivity contribution in [3.05, 3.63) is 16.7 Å². The van der Waals surface area contributed by atoms with E-state index in [0.717, 1.165) is 6.26 Å². The van der Waals surface area contributed by atoms with Crippen molar-refractivity contribution in [3.63, 3.8) is 0 Å². The Bertz CT molecular complexity index is 658. The summed E-state index contributed by atoms with van der Waals surface area (Å²) in [5, 5.41) is 2.67. The lowest BCUT2D eigenvalue weighted by atomic mass is 10.4. The predicted octanol–water partition coefficient (Wildman–Crippen LogP) is 0.209. The van der Waals surface area contributed by atoms with Crippen LogP contribution in [0.1, 0.15) is 0 Å². The largest absolute Gasteiger partial charge is 0.372 e. The van der Waals surface area contributed by atoms with Crippen LogP contribution in [-0.2, 0) is 19.9 Å². The fourth-order valence-corrected chi connectivity index (χ4v) is 3.56. The summed E-state index contributed by atoms with van der Waals surface area (Å²) in [6, 6.07) is 1.39. The lowest BCUT2D eigenvalue weighted by Gasteiger charge is -2.10. The van der Waals surface area contributed by atoms with Crippen molar-refractivity contribution in [2.45, 2.75) is 4.90 Å². The lowest BCUT2D eigenvalue weighted by molar-refractivity contribution is 0.582. The number of rotatable bonds is 6. The third-order valence-corrected chi connectivity index (χ3v) is 4.96. The summed E-state index contributed by atoms with van der Waals surface area (Å²) in [5.74, 6) is -0.0715. The van der Waals surface area contributed by atoms with Gasteiger partial charge in [-0.15, -0.1) is 0 Å². The molecule has 0 saturated carbocycles. The molecule has 0 atom stereocenters. The molecule has 19 heavy (non-hydrogen) atoms. The van der Waals surface area contributed by atoms with Crippen LogP contribution in [0.5, 0.6) is 0 Å². The van der Waals surface area contributed by atoms with Crippen LogP contribution in [0, 0.1) is 0 Å². The maximum Gasteiger partial charge on any atom is 0.244 e. The van der Waals surface area contributed by atoms with Crippen LogP contribution in [0.25, 0.3) is 0 Å². The number of nitrogens with zero attached hydrogens (tertiary/aromatic N) is 1. The summed E-state index contributed by atoms with van der Waals surface area (Å²) in [6.45, 7) is -0.184. The van der Waals surface area contributed by atoms with Gasteiger partial charge >= 0.3 is 0 Å². The molecule has 0 fully saturated rings. The Labute approximate surface area is 120 Å². The Balaban J connectivity index is 2.97. The number of anilines is 1. The number of aromatic nitrogens is 1. The smallest absolute Gasteiger partial charge is 0.244 e. The van der Waals surface area contributed by atoms with E-state index < -0.39 is 19.9 Å². The quantitative estimate of drug-likeness (QED) is 0.740. The van der Waals surface area contributed by atoms with E-state index in [4.69, 9.17) is 0 Å². The molecule has 1 aromatic rings. The number of sulfone groups is 1. The van der Waals surface area contributed by atoms with Crippen LogP contribution in [0.3, 0.4) is 0 Å². The molecule has 0 bridgehead atoms. The Kier molecular flexibility index (Phi) is 5.30. The number of hydrogen-bond acceptors (Lipinski definition) is 6. The second-order valence-electron chi connectivity index (χ2n) is 3.78. The average molecular weight is 372 g/mol. The Morgan fingerprint density at radius 1 is 1.32 bits per heavy atom. The summed E-state index contributed by atoms with van der Waals surface area (Å²) in [5.41, 5.74) is 0. The van der Waals surface area contributed by atoms with E-state index in [0.29, 0.717) is 4.47 Å². The van der Waals surface area contributed by atoms with Gasteiger partial charge in [0.25, 0.3) is 0 Å². The van der Waals surface area contributed by atoms with E-state index in [1.165, 1.54) is 12.3 Å². The number of hydrogen-bond donors (Lipinski definition) is 2. The van der Waals surface area contributed by atoms with Crippen molar-refractivity contribution in [2.24, 2.45) is 0 Å². The Morgan fingerprint density at radius 3 is 2.47 bits per heavy atom. The van der Waals surface area contributed by atoms with E-state index in [-0.39, 0.29) is 23.0 Å². The molecule has 0 aliphatic rings. The van der Waals surface area contributed by atoms with Crippen LogP contribution < -0.4 is 10.0 Å². The van der Waals surface area contributed by atoms with Crippen LogP contribution in [0.4, 0.5) is 5.82 Å². The van der Waals surface area contributed by atoms with Gasteiger partial charge < -0.3 is 5.32 Å². The van der Waals surface area contributed by atoms with Gasteiger partial charge in [0.15, 0.2) is 0 Å². The van der Waals surface area contributed by atoms with Crippen molar-refractivity contribution < 1.29 is 16.8 Å². The van der Waals surface area contributed by atoms with Crippen LogP contribution in [0.15, 0.2) is 21.6 Å². The van der Waals surface area contributed by atoms with Gasteiger partial charge in [0.1, 0.15) is 20.6 Å². The predicted molar refractivity (Wildman–Crippen MR) is 76.4 cm³/mol. The first kappa shape index (κ1) is 16.3. The molecule has 0 aliphatic heterocycles. The number of sulfonamides is 1. The average Bonchev–Trinajstić information content (AvgIpc) is 2.27. The first-order valence-electron chi connectivity index (χ1n) is 5.16. The molecule has 2 N–H and O–H groups in total. The van der Waals surface area contributed by atoms with Gasteiger partial charge in [-0.1, -0.05) is 0 Å². The second-order valence-corrected chi connectivity index (χ2v) is 8.69. The fourth-order valence-electron chi connectivity index (χ4n) is 1.25. The van der Waals surface area contributed by atoms with Crippen molar-refractivity contribution >= 4 is 41.6 Å². The molecular formula is C9H14BrN3O4S2. The van der Waals surface area contributed by atoms with Gasteiger partial charge in [-0.25, -0.2) is 26.5 Å². The van der Waals surface area contributed by atoms with Crippen LogP contribution in [-0.4, -0.2) is 47.4 Å². The van der Waals surface area contributed by atoms with E-state index >= 15 is 0 Å². The topological polar surface area (TPSA) is 105 Å². The zero-order valence-electron chi connectivity index (χ0n) is 10.3. The fraction of sp³-hybridized carbons (Fsp3) is 0.444. The molecule has 1 rings (SSSR count). The van der Waals surface area contributed by atoms with E-state index in [2.05, 4.69) is 31.0 Å². The molecule has 7 nitrogen and oxygen atoms in total. The zero-order valence-corrected chi connectivity index (χ0v) is 13.6. The highest BCUT2D eigenvalue weighted by Gasteiger charge is 2.20. The minimum atomic E-state index is -3.82. The Morgan fingerprint density at radius 2 is 1.95 bits per heavy atom. The minimum Gasteiger partial charge on any atom is -0.372 e. The first-order valence-corrected chi connectivity index (χ1v) is 9.50. The molecule has 1 aromatic heterocycles. The first-order chi connectivity index (χ1) is 8.65. The van der Waals surface area contributed by atoms with E-state index in [1.54, 1.807) is 7.05 Å². The maximum atomic E-state index is 12.0. The normalized spacial score (nSPS) is 12.4. The number of pyridine rings is 1. The van der Waals surface area contributed by atoms with Gasteiger partial charge in [-0.3, -0.25) is 0 Å². The molecule has 10 heteroatoms. The summed E-state index contributed by atoms with van der Waals surface area (Å²) >= 11 is 3.14. The van der Waals surface area contributed by atoms with Gasteiger partial charge in [0.05, 0.1) is 5.75 Å². The molecule has 1 heterocycles. The summed E-state index contributed by atoms with van der Waals surface area (Å²) < 4.78 is 48.7. The summed E-state index contributed by atoms with van der Waals surface area (Å²) in [7, 11) is -5.49. The minimum absolute atomic E-state index is 0.0436. The standard InChI is InChI=1S/C9H14BrN3O4S2/c1-11-9-8(5-7(10)6-12-9)19(16,17)13-3-4-18(2,14)15/h5-6,13H,3-4H2,1-2H3,(H,11,12). The third-order valence-electron chi connectivity index (χ3n) is 2.11. The van der Waals surface area contributed by atoms with Crippen molar-refractivity contribution in [1.29, 1.82) is 0 Å². The van der Waals surface area contributed by atoms with Gasteiger partial charge in [-0.05, 0) is 22.0 Å². The molecular weight excluding hydrogens is 358 g/mol. The van der Waals surface area contributed by atoms with Gasteiger partial charge in [-0.2, -0.15) is 0 Å². The van der Waals surface area contributed by atoms with Gasteiger partial charge in [0.2, 0.25) is 10.0 Å². The highest BCUT2D eigenvalue weighted by Crippen LogP contribution is 2.22. The van der Waals surface area contributed by atoms with Crippen molar-refractivity contribution in [3.8, 4) is 0 Å². The molecule has 0 amide bonds. The molecule has 0 radical (unpaired) electrons. The molecule has 0 aromatic carbocycles. The van der Waals surface area contributed by atoms with Gasteiger partial charge in [0, 0.05) is 30.5 Å². The lowest BCUT2D eigenvalue weighted by Crippen LogP contribution is -2.29. The summed E-state index contributed by atoms with van der Waals surface area (Å²) in [4.78, 5) is 3.88. The second kappa shape index (κ2) is 6.16. The van der Waals surface area contributed by atoms with E-state index in [9.17, 15) is 16.8 Å². The highest BCUT2D eigenvalue weighted by atomic mass is 79.9. The third kappa shape index (κ3) is 5.05. The van der Waals surface area contributed by atoms with Crippen molar-refractivity contribution in [1.82, 2.24) is 9.71 Å². The molecule has 0 saturated heterocycles. The SMILES string of the molecule is CNc1ncc(Br)cc1S(=O)(=O)NCCS(C)(=O)=O. The monoisotopic (exact) mass is 371 g/mol. The molecule has 0 unspecified atom stereocenters. The van der Waals surface area contributed by atoms with Crippen molar-refractivity contribution in [2.75, 3.05) is 30.9 Å². The molecule has 0 spiro atoms. The molecule has 0 aliphatic carbocycles. The Hall–Kier alpha value is -0.710. The zero-order chi connectivity index (χ0) is 14.7.